The number of ether oxygens (including phenoxy) is 3. The van der Waals surface area contributed by atoms with Crippen molar-refractivity contribution in [3.63, 3.8) is 0 Å². The van der Waals surface area contributed by atoms with Gasteiger partial charge in [-0.1, -0.05) is 105 Å². The van der Waals surface area contributed by atoms with Gasteiger partial charge in [0.15, 0.2) is 17.3 Å². The van der Waals surface area contributed by atoms with Crippen molar-refractivity contribution in [2.75, 3.05) is 44.8 Å². The molecule has 9 rings (SSSR count). The molecule has 5 N–H and O–H groups in total. The summed E-state index contributed by atoms with van der Waals surface area (Å²) in [6, 6.07) is 27.5. The standard InChI is InChI=1S/C53H61N3O7/c1-52(23-9-26-53(52)24-6-7-25-53)45-33-42(51(55-45)56-29-27-54-28-30-56)38-13-8-12-36(32-38)15-21-41-47(60)50(61-2)49(62-31-22-40(58)18-14-35-10-4-3-5-11-35)46-43(59)34-44(63-48(41)46)37-16-19-39(57)20-17-37/h3-5,8,10-14,16-20,32-33,40,44,54-55,57-58,60H,6-7,9,15,21-31,34H2,1-2H3. The number of nitrogens with zero attached hydrogens (tertiary/aromatic N) is 1. The van der Waals surface area contributed by atoms with Gasteiger partial charge in [-0.25, -0.2) is 0 Å². The fourth-order valence-electron chi connectivity index (χ4n) is 11.0. The van der Waals surface area contributed by atoms with Crippen LogP contribution in [0.25, 0.3) is 17.2 Å². The largest absolute Gasteiger partial charge is 0.508 e. The summed E-state index contributed by atoms with van der Waals surface area (Å²) in [5.74, 6) is 1.38. The van der Waals surface area contributed by atoms with Crippen molar-refractivity contribution in [2.24, 2.45) is 5.41 Å². The van der Waals surface area contributed by atoms with Crippen molar-refractivity contribution in [3.8, 4) is 39.9 Å². The van der Waals surface area contributed by atoms with Crippen molar-refractivity contribution in [3.05, 3.63) is 125 Å². The number of ketones is 1. The molecule has 5 aromatic rings. The van der Waals surface area contributed by atoms with E-state index in [1.165, 1.54) is 69.1 Å². The molecule has 10 heteroatoms. The maximum Gasteiger partial charge on any atom is 0.204 e. The monoisotopic (exact) mass is 851 g/mol. The zero-order chi connectivity index (χ0) is 43.6. The summed E-state index contributed by atoms with van der Waals surface area (Å²) < 4.78 is 18.7. The molecule has 1 saturated heterocycles. The first kappa shape index (κ1) is 42.6. The number of H-pyrrole nitrogens is 1. The average Bonchev–Trinajstić information content (AvgIpc) is 4.06. The number of carbonyl (C=O) groups excluding carboxylic acids is 1. The van der Waals surface area contributed by atoms with Crippen molar-refractivity contribution >= 4 is 17.7 Å². The number of anilines is 1. The lowest BCUT2D eigenvalue weighted by Crippen LogP contribution is -2.44. The third-order valence-electron chi connectivity index (χ3n) is 14.6. The van der Waals surface area contributed by atoms with Crippen LogP contribution in [0, 0.1) is 5.41 Å². The van der Waals surface area contributed by atoms with Crippen LogP contribution in [0.4, 0.5) is 5.82 Å². The molecule has 1 spiro atoms. The zero-order valence-corrected chi connectivity index (χ0v) is 36.6. The summed E-state index contributed by atoms with van der Waals surface area (Å²) in [5.41, 5.74) is 7.69. The Morgan fingerprint density at radius 1 is 0.905 bits per heavy atom. The molecule has 4 aliphatic rings. The number of aliphatic hydroxyl groups is 1. The van der Waals surface area contributed by atoms with Gasteiger partial charge in [0, 0.05) is 54.8 Å². The lowest BCUT2D eigenvalue weighted by molar-refractivity contribution is 0.0836. The third kappa shape index (κ3) is 8.43. The number of aliphatic hydroxyl groups excluding tert-OH is 1. The number of aromatic nitrogens is 1. The number of methoxy groups -OCH3 is 1. The Morgan fingerprint density at radius 3 is 2.43 bits per heavy atom. The molecular weight excluding hydrogens is 791 g/mol. The molecule has 1 aromatic heterocycles. The lowest BCUT2D eigenvalue weighted by atomic mass is 9.64. The number of aryl methyl sites for hydroxylation is 1. The molecule has 0 radical (unpaired) electrons. The average molecular weight is 852 g/mol. The fraction of sp³-hybridized carbons (Fsp3) is 0.415. The number of aromatic hydroxyl groups is 2. The maximum atomic E-state index is 14.3. The van der Waals surface area contributed by atoms with Crippen LogP contribution in [0.15, 0.2) is 91.0 Å². The number of hydrogen-bond donors (Lipinski definition) is 5. The minimum absolute atomic E-state index is 0.0280. The van der Waals surface area contributed by atoms with Crippen molar-refractivity contribution < 1.29 is 34.3 Å². The van der Waals surface area contributed by atoms with Gasteiger partial charge < -0.3 is 44.7 Å². The molecule has 3 unspecified atom stereocenters. The Hall–Kier alpha value is -5.71. The first-order chi connectivity index (χ1) is 30.7. The van der Waals surface area contributed by atoms with Crippen molar-refractivity contribution in [1.29, 1.82) is 0 Å². The predicted octanol–water partition coefficient (Wildman–Crippen LogP) is 9.85. The third-order valence-corrected chi connectivity index (χ3v) is 14.6. The van der Waals surface area contributed by atoms with Gasteiger partial charge in [-0.15, -0.1) is 0 Å². The van der Waals surface area contributed by atoms with E-state index in [-0.39, 0.29) is 65.0 Å². The van der Waals surface area contributed by atoms with Crippen LogP contribution in [0.5, 0.6) is 28.7 Å². The molecule has 3 fully saturated rings. The minimum atomic E-state index is -0.804. The van der Waals surface area contributed by atoms with Crippen LogP contribution >= 0.6 is 0 Å². The van der Waals surface area contributed by atoms with Gasteiger partial charge in [-0.05, 0) is 84.4 Å². The highest BCUT2D eigenvalue weighted by Gasteiger charge is 2.54. The number of Topliss-reactive ketones (excluding diaryl/α,β-unsaturated/α-hetero) is 1. The molecular formula is C53H61N3O7. The second-order valence-electron chi connectivity index (χ2n) is 18.2. The summed E-state index contributed by atoms with van der Waals surface area (Å²) in [6.07, 6.45) is 12.4. The van der Waals surface area contributed by atoms with Crippen LogP contribution in [0.1, 0.15) is 109 Å². The van der Waals surface area contributed by atoms with E-state index in [0.29, 0.717) is 23.8 Å². The van der Waals surface area contributed by atoms with Crippen molar-refractivity contribution in [2.45, 2.75) is 95.2 Å². The molecule has 63 heavy (non-hydrogen) atoms. The van der Waals surface area contributed by atoms with Gasteiger partial charge in [0.2, 0.25) is 5.75 Å². The zero-order valence-electron chi connectivity index (χ0n) is 36.6. The summed E-state index contributed by atoms with van der Waals surface area (Å²) >= 11 is 0. The number of phenols is 2. The Kier molecular flexibility index (Phi) is 12.3. The second-order valence-corrected chi connectivity index (χ2v) is 18.2. The molecule has 2 aliphatic heterocycles. The number of rotatable bonds is 14. The molecule has 3 heterocycles. The summed E-state index contributed by atoms with van der Waals surface area (Å²) in [6.45, 7) is 6.35. The smallest absolute Gasteiger partial charge is 0.204 e. The number of piperazine rings is 1. The molecule has 3 atom stereocenters. The van der Waals surface area contributed by atoms with Crippen LogP contribution < -0.4 is 24.4 Å². The number of fused-ring (bicyclic) bond motifs is 1. The SMILES string of the molecule is COc1c(O)c(CCc2cccc(-c3cc(C4(C)CCCC45CCCC5)[nH]c3N3CCNCC3)c2)c2c(c1OCCC(O)C=Cc1ccccc1)C(=O)CC(c1ccc(O)cc1)O2. The lowest BCUT2D eigenvalue weighted by Gasteiger charge is -2.41. The maximum absolute atomic E-state index is 14.3. The number of nitrogens with one attached hydrogen (secondary N) is 2. The van der Waals surface area contributed by atoms with Crippen LogP contribution in [0.3, 0.4) is 0 Å². The van der Waals surface area contributed by atoms with Gasteiger partial charge in [-0.2, -0.15) is 0 Å². The Labute approximate surface area is 370 Å². The van der Waals surface area contributed by atoms with E-state index in [2.05, 4.69) is 52.5 Å². The molecule has 0 amide bonds. The van der Waals surface area contributed by atoms with Gasteiger partial charge >= 0.3 is 0 Å². The Morgan fingerprint density at radius 2 is 1.67 bits per heavy atom. The van der Waals surface area contributed by atoms with E-state index >= 15 is 0 Å². The van der Waals surface area contributed by atoms with Crippen molar-refractivity contribution in [1.82, 2.24) is 10.3 Å². The molecule has 0 bridgehead atoms. The number of carbonyl (C=O) groups is 1. The van der Waals surface area contributed by atoms with Gasteiger partial charge in [0.05, 0.1) is 26.2 Å². The normalized spacial score (nSPS) is 21.2. The highest BCUT2D eigenvalue weighted by molar-refractivity contribution is 6.04. The number of hydrogen-bond acceptors (Lipinski definition) is 9. The first-order valence-electron chi connectivity index (χ1n) is 22.9. The highest BCUT2D eigenvalue weighted by Crippen LogP contribution is 2.62. The van der Waals surface area contributed by atoms with Gasteiger partial charge in [-0.3, -0.25) is 4.79 Å². The fourth-order valence-corrected chi connectivity index (χ4v) is 11.0. The van der Waals surface area contributed by atoms with Crippen LogP contribution in [-0.4, -0.2) is 72.1 Å². The summed E-state index contributed by atoms with van der Waals surface area (Å²) in [4.78, 5) is 20.8. The quantitative estimate of drug-likeness (QED) is 0.0740. The molecule has 4 aromatic carbocycles. The second kappa shape index (κ2) is 18.2. The molecule has 2 saturated carbocycles. The minimum Gasteiger partial charge on any atom is -0.508 e. The number of benzene rings is 4. The highest BCUT2D eigenvalue weighted by atomic mass is 16.5. The van der Waals surface area contributed by atoms with E-state index in [1.807, 2.05) is 36.4 Å². The van der Waals surface area contributed by atoms with Crippen LogP contribution in [0.2, 0.25) is 0 Å². The van der Waals surface area contributed by atoms with E-state index < -0.39 is 12.2 Å². The topological polar surface area (TPSA) is 137 Å². The van der Waals surface area contributed by atoms with Gasteiger partial charge in [0.25, 0.3) is 0 Å². The molecule has 10 nitrogen and oxygen atoms in total. The summed E-state index contributed by atoms with van der Waals surface area (Å²) in [5, 5.41) is 36.3. The van der Waals surface area contributed by atoms with Crippen LogP contribution in [-0.2, 0) is 18.3 Å². The number of phenolic OH excluding ortho intramolecular Hbond substituents is 2. The Balaban J connectivity index is 1.02. The Bertz CT molecular complexity index is 2430. The number of aromatic amines is 1. The van der Waals surface area contributed by atoms with E-state index in [0.717, 1.165) is 48.4 Å². The summed E-state index contributed by atoms with van der Waals surface area (Å²) in [7, 11) is 1.45. The van der Waals surface area contributed by atoms with E-state index in [4.69, 9.17) is 14.2 Å². The van der Waals surface area contributed by atoms with E-state index in [1.54, 1.807) is 30.3 Å². The molecule has 330 valence electrons. The van der Waals surface area contributed by atoms with E-state index in [9.17, 15) is 20.1 Å². The first-order valence-corrected chi connectivity index (χ1v) is 22.9. The molecule has 2 aliphatic carbocycles. The van der Waals surface area contributed by atoms with Gasteiger partial charge in [0.1, 0.15) is 29.0 Å². The predicted molar refractivity (Wildman–Crippen MR) is 248 cm³/mol.